The van der Waals surface area contributed by atoms with Gasteiger partial charge in [-0.25, -0.2) is 10.0 Å². The summed E-state index contributed by atoms with van der Waals surface area (Å²) < 4.78 is 0. The van der Waals surface area contributed by atoms with Crippen molar-refractivity contribution in [3.05, 3.63) is 12.7 Å². The van der Waals surface area contributed by atoms with Crippen molar-refractivity contribution in [2.75, 3.05) is 24.5 Å². The minimum absolute atomic E-state index is 0.258. The van der Waals surface area contributed by atoms with Crippen molar-refractivity contribution < 1.29 is 0 Å². The lowest BCUT2D eigenvalue weighted by atomic mass is 10.5. The molecule has 0 aromatic heterocycles. The van der Waals surface area contributed by atoms with Crippen LogP contribution in [0.15, 0.2) is 12.7 Å². The highest BCUT2D eigenvalue weighted by Crippen LogP contribution is 2.34. The van der Waals surface area contributed by atoms with Gasteiger partial charge in [0, 0.05) is 0 Å². The van der Waals surface area contributed by atoms with Gasteiger partial charge < -0.3 is 0 Å². The zero-order valence-electron chi connectivity index (χ0n) is 6.11. The minimum Gasteiger partial charge on any atom is -0.249 e. The zero-order valence-corrected chi connectivity index (χ0v) is 6.92. The van der Waals surface area contributed by atoms with Gasteiger partial charge in [-0.15, -0.1) is 6.58 Å². The van der Waals surface area contributed by atoms with Gasteiger partial charge in [0.05, 0.1) is 0 Å². The van der Waals surface area contributed by atoms with E-state index in [4.69, 9.17) is 0 Å². The van der Waals surface area contributed by atoms with Gasteiger partial charge >= 0.3 is 0 Å². The van der Waals surface area contributed by atoms with Gasteiger partial charge in [-0.05, 0) is 30.9 Å². The molecule has 0 radical (unpaired) electrons. The SMILES string of the molecule is C=CCCS(C)(C)C. The topological polar surface area (TPSA) is 0 Å². The smallest absolute Gasteiger partial charge is 0.0201 e. The molecule has 0 aliphatic heterocycles. The predicted octanol–water partition coefficient (Wildman–Crippen LogP) is 2.26. The Labute approximate surface area is 54.3 Å². The predicted molar refractivity (Wildman–Crippen MR) is 45.0 cm³/mol. The summed E-state index contributed by atoms with van der Waals surface area (Å²) in [5, 5.41) is 0. The molecule has 0 aliphatic rings. The molecular weight excluding hydrogens is 116 g/mol. The Morgan fingerprint density at radius 2 is 1.88 bits per heavy atom. The fraction of sp³-hybridized carbons (Fsp3) is 0.714. The van der Waals surface area contributed by atoms with Crippen molar-refractivity contribution in [1.29, 1.82) is 0 Å². The molecule has 0 aliphatic carbocycles. The van der Waals surface area contributed by atoms with E-state index in [1.807, 2.05) is 6.08 Å². The van der Waals surface area contributed by atoms with Crippen LogP contribution in [0.5, 0.6) is 0 Å². The number of allylic oxidation sites excluding steroid dienone is 1. The quantitative estimate of drug-likeness (QED) is 0.517. The molecule has 0 rings (SSSR count). The Bertz CT molecular complexity index is 68.9. The van der Waals surface area contributed by atoms with Gasteiger partial charge in [0.25, 0.3) is 0 Å². The fourth-order valence-corrected chi connectivity index (χ4v) is 1.31. The molecule has 50 valence electrons. The fourth-order valence-electron chi connectivity index (χ4n) is 0.437. The first kappa shape index (κ1) is 8.09. The second kappa shape index (κ2) is 3.18. The molecule has 0 bridgehead atoms. The van der Waals surface area contributed by atoms with Crippen LogP contribution in [0.3, 0.4) is 0 Å². The van der Waals surface area contributed by atoms with Crippen LogP contribution < -0.4 is 0 Å². The van der Waals surface area contributed by atoms with E-state index in [0.717, 1.165) is 0 Å². The molecule has 0 unspecified atom stereocenters. The monoisotopic (exact) mass is 132 g/mol. The first-order chi connectivity index (χ1) is 3.56. The molecule has 0 aromatic rings. The minimum atomic E-state index is -0.258. The third-order valence-electron chi connectivity index (χ3n) is 0.934. The summed E-state index contributed by atoms with van der Waals surface area (Å²) in [5.74, 6) is 1.33. The van der Waals surface area contributed by atoms with E-state index in [1.165, 1.54) is 12.2 Å². The van der Waals surface area contributed by atoms with E-state index < -0.39 is 0 Å². The molecule has 0 nitrogen and oxygen atoms in total. The van der Waals surface area contributed by atoms with Crippen LogP contribution in [0.2, 0.25) is 0 Å². The maximum absolute atomic E-state index is 3.68. The number of hydrogen-bond acceptors (Lipinski definition) is 0. The molecule has 0 atom stereocenters. The molecule has 0 saturated heterocycles. The van der Waals surface area contributed by atoms with E-state index in [-0.39, 0.29) is 10.0 Å². The number of rotatable bonds is 3. The average Bonchev–Trinajstić information content (AvgIpc) is 1.59. The molecule has 0 saturated carbocycles. The van der Waals surface area contributed by atoms with Gasteiger partial charge in [-0.2, -0.15) is 0 Å². The van der Waals surface area contributed by atoms with Crippen LogP contribution in [-0.2, 0) is 0 Å². The summed E-state index contributed by atoms with van der Waals surface area (Å²) in [5.41, 5.74) is 0. The van der Waals surface area contributed by atoms with Crippen LogP contribution >= 0.6 is 10.0 Å². The standard InChI is InChI=1S/C7H16S/c1-5-6-7-8(2,3)4/h5H,1,6-7H2,2-4H3. The second-order valence-corrected chi connectivity index (χ2v) is 7.46. The Morgan fingerprint density at radius 3 is 2.00 bits per heavy atom. The summed E-state index contributed by atoms with van der Waals surface area (Å²) >= 11 is 0. The lowest BCUT2D eigenvalue weighted by molar-refractivity contribution is 1.24. The van der Waals surface area contributed by atoms with Crippen molar-refractivity contribution >= 4 is 10.0 Å². The van der Waals surface area contributed by atoms with Gasteiger partial charge in [-0.3, -0.25) is 0 Å². The van der Waals surface area contributed by atoms with Crippen LogP contribution in [0, 0.1) is 0 Å². The zero-order chi connectivity index (χ0) is 6.62. The van der Waals surface area contributed by atoms with Crippen LogP contribution in [-0.4, -0.2) is 24.5 Å². The van der Waals surface area contributed by atoms with E-state index in [0.29, 0.717) is 0 Å². The van der Waals surface area contributed by atoms with E-state index in [9.17, 15) is 0 Å². The molecular formula is C7H16S. The Kier molecular flexibility index (Phi) is 3.22. The van der Waals surface area contributed by atoms with Crippen LogP contribution in [0.25, 0.3) is 0 Å². The van der Waals surface area contributed by atoms with Gasteiger partial charge in [0.2, 0.25) is 0 Å². The molecule has 1 heteroatoms. The summed E-state index contributed by atoms with van der Waals surface area (Å²) in [4.78, 5) is 0. The lowest BCUT2D eigenvalue weighted by Crippen LogP contribution is -1.96. The largest absolute Gasteiger partial charge is 0.249 e. The number of hydrogen-bond donors (Lipinski definition) is 0. The molecule has 0 spiro atoms. The van der Waals surface area contributed by atoms with Crippen LogP contribution in [0.4, 0.5) is 0 Å². The molecule has 0 fully saturated rings. The highest BCUT2D eigenvalue weighted by atomic mass is 32.3. The van der Waals surface area contributed by atoms with Crippen molar-refractivity contribution in [1.82, 2.24) is 0 Å². The first-order valence-corrected chi connectivity index (χ1v) is 5.86. The first-order valence-electron chi connectivity index (χ1n) is 2.83. The molecule has 8 heavy (non-hydrogen) atoms. The third-order valence-corrected chi connectivity index (χ3v) is 2.39. The Morgan fingerprint density at radius 1 is 1.38 bits per heavy atom. The molecule has 0 heterocycles. The second-order valence-electron chi connectivity index (χ2n) is 2.87. The summed E-state index contributed by atoms with van der Waals surface area (Å²) in [6.07, 6.45) is 10.2. The normalized spacial score (nSPS) is 13.4. The highest BCUT2D eigenvalue weighted by Gasteiger charge is 1.99. The Hall–Kier alpha value is 0.0900. The highest BCUT2D eigenvalue weighted by molar-refractivity contribution is 8.32. The van der Waals surface area contributed by atoms with Crippen molar-refractivity contribution in [3.63, 3.8) is 0 Å². The van der Waals surface area contributed by atoms with Gasteiger partial charge in [0.1, 0.15) is 0 Å². The summed E-state index contributed by atoms with van der Waals surface area (Å²) in [6.45, 7) is 3.68. The van der Waals surface area contributed by atoms with Crippen molar-refractivity contribution in [2.24, 2.45) is 0 Å². The van der Waals surface area contributed by atoms with E-state index in [2.05, 4.69) is 25.3 Å². The Balaban J connectivity index is 3.24. The molecule has 0 amide bonds. The average molecular weight is 132 g/mol. The summed E-state index contributed by atoms with van der Waals surface area (Å²) in [7, 11) is -0.258. The van der Waals surface area contributed by atoms with Crippen LogP contribution in [0.1, 0.15) is 6.42 Å². The maximum Gasteiger partial charge on any atom is -0.0201 e. The third kappa shape index (κ3) is 6.09. The maximum atomic E-state index is 3.68. The van der Waals surface area contributed by atoms with Gasteiger partial charge in [-0.1, -0.05) is 6.08 Å². The van der Waals surface area contributed by atoms with Gasteiger partial charge in [0.15, 0.2) is 0 Å². The van der Waals surface area contributed by atoms with Crippen molar-refractivity contribution in [2.45, 2.75) is 6.42 Å². The van der Waals surface area contributed by atoms with E-state index >= 15 is 0 Å². The molecule has 0 N–H and O–H groups in total. The lowest BCUT2D eigenvalue weighted by Gasteiger charge is -2.23. The summed E-state index contributed by atoms with van der Waals surface area (Å²) in [6, 6.07) is 0. The van der Waals surface area contributed by atoms with E-state index in [1.54, 1.807) is 0 Å². The van der Waals surface area contributed by atoms with Crippen molar-refractivity contribution in [3.8, 4) is 0 Å². The molecule has 0 aromatic carbocycles.